The van der Waals surface area contributed by atoms with Crippen molar-refractivity contribution in [1.29, 1.82) is 0 Å². The van der Waals surface area contributed by atoms with Crippen molar-refractivity contribution in [2.45, 2.75) is 51.6 Å². The predicted molar refractivity (Wildman–Crippen MR) is 145 cm³/mol. The Balaban J connectivity index is 1.52. The molecule has 4 N–H and O–H groups in total. The topological polar surface area (TPSA) is 162 Å². The summed E-state index contributed by atoms with van der Waals surface area (Å²) in [6.07, 6.45) is 5.92. The van der Waals surface area contributed by atoms with Gasteiger partial charge in [-0.15, -0.1) is 0 Å². The first kappa shape index (κ1) is 28.5. The fraction of sp³-hybridized carbons (Fsp3) is 0.407. The maximum atomic E-state index is 14.5. The van der Waals surface area contributed by atoms with Gasteiger partial charge in [0.2, 0.25) is 11.8 Å². The molecule has 1 saturated carbocycles. The molecule has 0 spiro atoms. The molecule has 1 aliphatic rings. The maximum Gasteiger partial charge on any atom is 0.405 e. The third-order valence-electron chi connectivity index (χ3n) is 6.68. The van der Waals surface area contributed by atoms with Crippen LogP contribution in [0.25, 0.3) is 11.0 Å². The van der Waals surface area contributed by atoms with Gasteiger partial charge in [-0.05, 0) is 63.2 Å². The van der Waals surface area contributed by atoms with Gasteiger partial charge in [0.25, 0.3) is 5.56 Å². The van der Waals surface area contributed by atoms with Gasteiger partial charge in [-0.2, -0.15) is 0 Å². The van der Waals surface area contributed by atoms with Crippen molar-refractivity contribution < 1.29 is 23.9 Å². The van der Waals surface area contributed by atoms with Gasteiger partial charge in [-0.25, -0.2) is 14.2 Å². The van der Waals surface area contributed by atoms with E-state index in [4.69, 9.17) is 0 Å². The molecule has 0 radical (unpaired) electrons. The normalized spacial score (nSPS) is 13.9. The van der Waals surface area contributed by atoms with E-state index >= 15 is 0 Å². The number of allylic oxidation sites excluding steroid dienone is 1. The lowest BCUT2D eigenvalue weighted by molar-refractivity contribution is -0.123. The van der Waals surface area contributed by atoms with Crippen molar-refractivity contribution in [2.24, 2.45) is 5.92 Å². The number of carbonyl (C=O) groups is 3. The summed E-state index contributed by atoms with van der Waals surface area (Å²) < 4.78 is 15.8. The molecule has 4 rings (SSSR count). The summed E-state index contributed by atoms with van der Waals surface area (Å²) in [6, 6.07) is 1.91. The number of nitrogens with zero attached hydrogens (tertiary/aromatic N) is 4. The molecule has 3 amide bonds. The number of aromatic amines is 1. The fourth-order valence-electron chi connectivity index (χ4n) is 4.24. The highest BCUT2D eigenvalue weighted by atomic mass is 19.1. The third-order valence-corrected chi connectivity index (χ3v) is 6.68. The van der Waals surface area contributed by atoms with E-state index in [1.54, 1.807) is 33.2 Å². The number of aromatic nitrogens is 4. The van der Waals surface area contributed by atoms with Gasteiger partial charge in [-0.3, -0.25) is 19.4 Å². The standard InChI is InChI=1S/C27H32FN7O5/c1-15-8-11-19(30-25(37)18(31-27(39)40)6-4-5-7-22(36)34(2)3)26(38)35(15)14-21-32-23-17(28)13-29-20(24(23)33-21)12-16-9-10-16/h5,7-8,11,13,16,18,31H,4,6,9-10,12,14H2,1-3H3,(H,30,37)(H,32,33)(H,39,40). The second kappa shape index (κ2) is 12.1. The molecule has 12 nitrogen and oxygen atoms in total. The van der Waals surface area contributed by atoms with Gasteiger partial charge >= 0.3 is 6.09 Å². The fourth-order valence-corrected chi connectivity index (χ4v) is 4.24. The summed E-state index contributed by atoms with van der Waals surface area (Å²) in [6.45, 7) is 1.71. The Bertz CT molecular complexity index is 1520. The Kier molecular flexibility index (Phi) is 8.61. The van der Waals surface area contributed by atoms with E-state index in [2.05, 4.69) is 25.6 Å². The highest BCUT2D eigenvalue weighted by molar-refractivity contribution is 5.96. The number of H-pyrrole nitrogens is 1. The highest BCUT2D eigenvalue weighted by Gasteiger charge is 2.25. The van der Waals surface area contributed by atoms with Crippen LogP contribution in [-0.2, 0) is 22.6 Å². The van der Waals surface area contributed by atoms with E-state index in [1.165, 1.54) is 21.6 Å². The second-order valence-electron chi connectivity index (χ2n) is 10.1. The SMILES string of the molecule is Cc1ccc(NC(=O)C(CCC=CC(=O)N(C)C)NC(=O)O)c(=O)n1Cc1nc2c(F)cnc(CC3CC3)c2[nH]1. The van der Waals surface area contributed by atoms with Crippen LogP contribution in [0.1, 0.15) is 42.9 Å². The average Bonchev–Trinajstić information content (AvgIpc) is 3.61. The minimum absolute atomic E-state index is 0.00707. The van der Waals surface area contributed by atoms with Gasteiger partial charge in [0.05, 0.1) is 24.0 Å². The number of hydrogen-bond acceptors (Lipinski definition) is 6. The number of carbonyl (C=O) groups excluding carboxylic acids is 2. The first-order chi connectivity index (χ1) is 19.0. The summed E-state index contributed by atoms with van der Waals surface area (Å²) in [7, 11) is 3.19. The molecule has 212 valence electrons. The number of rotatable bonds is 11. The summed E-state index contributed by atoms with van der Waals surface area (Å²) in [5.41, 5.74) is 1.41. The van der Waals surface area contributed by atoms with Crippen LogP contribution in [0.4, 0.5) is 14.9 Å². The van der Waals surface area contributed by atoms with Crippen LogP contribution in [0.15, 0.2) is 35.3 Å². The van der Waals surface area contributed by atoms with Gasteiger partial charge in [-0.1, -0.05) is 6.08 Å². The number of carboxylic acid groups (broad SMARTS) is 1. The monoisotopic (exact) mass is 553 g/mol. The molecule has 1 aliphatic carbocycles. The zero-order chi connectivity index (χ0) is 29.0. The average molecular weight is 554 g/mol. The number of anilines is 1. The van der Waals surface area contributed by atoms with Crippen molar-refractivity contribution in [3.8, 4) is 0 Å². The Hall–Kier alpha value is -4.55. The van der Waals surface area contributed by atoms with Crippen molar-refractivity contribution in [3.05, 3.63) is 63.9 Å². The largest absolute Gasteiger partial charge is 0.465 e. The molecule has 1 fully saturated rings. The van der Waals surface area contributed by atoms with Crippen molar-refractivity contribution in [2.75, 3.05) is 19.4 Å². The van der Waals surface area contributed by atoms with E-state index in [1.807, 2.05) is 0 Å². The molecule has 3 aromatic rings. The lowest BCUT2D eigenvalue weighted by atomic mass is 10.1. The van der Waals surface area contributed by atoms with Gasteiger partial charge in [0.1, 0.15) is 23.1 Å². The molecule has 0 aromatic carbocycles. The number of pyridine rings is 2. The van der Waals surface area contributed by atoms with Crippen LogP contribution in [0.2, 0.25) is 0 Å². The number of likely N-dealkylation sites (N-methyl/N-ethyl adjacent to an activating group) is 1. The molecule has 3 heterocycles. The van der Waals surface area contributed by atoms with Crippen molar-refractivity contribution in [3.63, 3.8) is 0 Å². The zero-order valence-corrected chi connectivity index (χ0v) is 22.5. The van der Waals surface area contributed by atoms with E-state index in [-0.39, 0.29) is 36.5 Å². The van der Waals surface area contributed by atoms with Gasteiger partial charge < -0.3 is 30.2 Å². The summed E-state index contributed by atoms with van der Waals surface area (Å²) in [5, 5.41) is 13.9. The van der Waals surface area contributed by atoms with Crippen LogP contribution in [0.3, 0.4) is 0 Å². The molecule has 40 heavy (non-hydrogen) atoms. The molecule has 1 unspecified atom stereocenters. The van der Waals surface area contributed by atoms with Gasteiger partial charge in [0.15, 0.2) is 5.82 Å². The first-order valence-corrected chi connectivity index (χ1v) is 12.9. The number of halogens is 1. The summed E-state index contributed by atoms with van der Waals surface area (Å²) in [4.78, 5) is 62.3. The molecule has 3 aromatic heterocycles. The first-order valence-electron chi connectivity index (χ1n) is 12.9. The quantitative estimate of drug-likeness (QED) is 0.265. The smallest absolute Gasteiger partial charge is 0.405 e. The lowest BCUT2D eigenvalue weighted by Gasteiger charge is -2.17. The third kappa shape index (κ3) is 6.90. The van der Waals surface area contributed by atoms with Crippen molar-refractivity contribution in [1.82, 2.24) is 29.7 Å². The number of nitrogens with one attached hydrogen (secondary N) is 3. The number of amides is 3. The van der Waals surface area contributed by atoms with Crippen LogP contribution in [0, 0.1) is 18.7 Å². The molecule has 13 heteroatoms. The number of imidazole rings is 1. The highest BCUT2D eigenvalue weighted by Crippen LogP contribution is 2.33. The molecule has 0 bridgehead atoms. The van der Waals surface area contributed by atoms with Gasteiger partial charge in [0, 0.05) is 19.8 Å². The van der Waals surface area contributed by atoms with Crippen molar-refractivity contribution >= 4 is 34.6 Å². The summed E-state index contributed by atoms with van der Waals surface area (Å²) in [5.74, 6) is -0.620. The van der Waals surface area contributed by atoms with E-state index < -0.39 is 29.4 Å². The van der Waals surface area contributed by atoms with Crippen LogP contribution < -0.4 is 16.2 Å². The zero-order valence-electron chi connectivity index (χ0n) is 22.5. The predicted octanol–water partition coefficient (Wildman–Crippen LogP) is 2.57. The maximum absolute atomic E-state index is 14.5. The molecule has 0 saturated heterocycles. The van der Waals surface area contributed by atoms with E-state index in [0.717, 1.165) is 31.2 Å². The summed E-state index contributed by atoms with van der Waals surface area (Å²) >= 11 is 0. The Labute approximate surface area is 229 Å². The second-order valence-corrected chi connectivity index (χ2v) is 10.1. The Morgan fingerprint density at radius 2 is 2.05 bits per heavy atom. The lowest BCUT2D eigenvalue weighted by Crippen LogP contribution is -2.44. The number of aryl methyl sites for hydroxylation is 1. The van der Waals surface area contributed by atoms with Crippen LogP contribution >= 0.6 is 0 Å². The van der Waals surface area contributed by atoms with Crippen LogP contribution in [-0.4, -0.2) is 67.6 Å². The molecule has 1 atom stereocenters. The van der Waals surface area contributed by atoms with E-state index in [9.17, 15) is 28.7 Å². The Morgan fingerprint density at radius 1 is 1.30 bits per heavy atom. The van der Waals surface area contributed by atoms with E-state index in [0.29, 0.717) is 23.0 Å². The Morgan fingerprint density at radius 3 is 2.73 bits per heavy atom. The van der Waals surface area contributed by atoms with Crippen LogP contribution in [0.5, 0.6) is 0 Å². The minimum atomic E-state index is -1.40. The molecule has 0 aliphatic heterocycles. The molecular weight excluding hydrogens is 521 g/mol. The molecular formula is C27H32FN7O5. The minimum Gasteiger partial charge on any atom is -0.465 e. The number of fused-ring (bicyclic) bond motifs is 1. The number of hydrogen-bond donors (Lipinski definition) is 4.